The van der Waals surface area contributed by atoms with Crippen LogP contribution in [-0.4, -0.2) is 69.2 Å². The van der Waals surface area contributed by atoms with Gasteiger partial charge in [0.25, 0.3) is 0 Å². The van der Waals surface area contributed by atoms with Crippen molar-refractivity contribution in [2.45, 2.75) is 31.8 Å². The van der Waals surface area contributed by atoms with Crippen molar-refractivity contribution in [1.29, 1.82) is 0 Å². The fourth-order valence-electron chi connectivity index (χ4n) is 4.72. The summed E-state index contributed by atoms with van der Waals surface area (Å²) >= 11 is 6.34. The molecule has 2 aliphatic rings. The van der Waals surface area contributed by atoms with E-state index in [0.717, 1.165) is 54.6 Å². The Hall–Kier alpha value is -3.04. The molecule has 1 amide bonds. The van der Waals surface area contributed by atoms with Gasteiger partial charge in [-0.25, -0.2) is 9.37 Å². The van der Waals surface area contributed by atoms with Crippen LogP contribution in [0, 0.1) is 5.82 Å². The lowest BCUT2D eigenvalue weighted by molar-refractivity contribution is -0.130. The third kappa shape index (κ3) is 4.50. The van der Waals surface area contributed by atoms with Gasteiger partial charge in [-0.1, -0.05) is 11.6 Å². The number of fused-ring (bicyclic) bond motifs is 3. The Bertz CT molecular complexity index is 1190. The maximum Gasteiger partial charge on any atom is 0.236 e. The molecule has 1 fully saturated rings. The second kappa shape index (κ2) is 9.31. The number of benzene rings is 1. The minimum absolute atomic E-state index is 0.0403. The summed E-state index contributed by atoms with van der Waals surface area (Å²) < 4.78 is 15.4. The summed E-state index contributed by atoms with van der Waals surface area (Å²) in [6.45, 7) is 3.04. The molecule has 3 aromatic rings. The van der Waals surface area contributed by atoms with Gasteiger partial charge in [0.15, 0.2) is 5.82 Å². The molecule has 4 heterocycles. The molecule has 0 unspecified atom stereocenters. The molecule has 178 valence electrons. The fourth-order valence-corrected chi connectivity index (χ4v) is 4.92. The van der Waals surface area contributed by atoms with Crippen LogP contribution in [0.4, 0.5) is 10.2 Å². The highest BCUT2D eigenvalue weighted by Gasteiger charge is 2.31. The first-order valence-electron chi connectivity index (χ1n) is 11.4. The molecular formula is C24H27ClFN7O. The van der Waals surface area contributed by atoms with Gasteiger partial charge in [-0.3, -0.25) is 14.3 Å². The number of nitrogens with zero attached hydrogens (tertiary/aromatic N) is 7. The Kier molecular flexibility index (Phi) is 6.22. The van der Waals surface area contributed by atoms with Crippen LogP contribution in [-0.2, 0) is 17.9 Å². The van der Waals surface area contributed by atoms with Crippen LogP contribution in [0.15, 0.2) is 36.5 Å². The topological polar surface area (TPSA) is 70.4 Å². The summed E-state index contributed by atoms with van der Waals surface area (Å²) in [5.74, 6) is 2.50. The van der Waals surface area contributed by atoms with Crippen molar-refractivity contribution in [3.8, 4) is 5.69 Å². The molecule has 2 aliphatic heterocycles. The van der Waals surface area contributed by atoms with Crippen LogP contribution in [0.3, 0.4) is 0 Å². The molecule has 0 N–H and O–H groups in total. The predicted molar refractivity (Wildman–Crippen MR) is 128 cm³/mol. The van der Waals surface area contributed by atoms with Crippen LogP contribution in [0.25, 0.3) is 5.69 Å². The first-order valence-corrected chi connectivity index (χ1v) is 11.8. The van der Waals surface area contributed by atoms with Crippen molar-refractivity contribution >= 4 is 23.3 Å². The van der Waals surface area contributed by atoms with Gasteiger partial charge in [-0.2, -0.15) is 0 Å². The molecule has 0 radical (unpaired) electrons. The monoisotopic (exact) mass is 483 g/mol. The number of carbonyl (C=O) groups is 1. The van der Waals surface area contributed by atoms with E-state index in [1.165, 1.54) is 12.3 Å². The van der Waals surface area contributed by atoms with E-state index in [-0.39, 0.29) is 17.6 Å². The highest BCUT2D eigenvalue weighted by molar-refractivity contribution is 6.30. The number of piperidine rings is 1. The standard InChI is InChI=1S/C24H27ClFN7O/c1-30(2)23(34)15-31-13-17-11-18(25)3-5-20(17)33-22(14-31)28-29-24(33)16-7-9-32(10-8-16)21-6-4-19(26)12-27-21/h3-6,11-12,16H,7-10,13-15H2,1-2H3. The summed E-state index contributed by atoms with van der Waals surface area (Å²) in [5, 5.41) is 9.83. The molecule has 5 rings (SSSR count). The molecule has 2 aromatic heterocycles. The van der Waals surface area contributed by atoms with E-state index in [9.17, 15) is 9.18 Å². The molecule has 1 aromatic carbocycles. The van der Waals surface area contributed by atoms with Gasteiger partial charge in [-0.15, -0.1) is 10.2 Å². The second-order valence-corrected chi connectivity index (χ2v) is 9.55. The van der Waals surface area contributed by atoms with Crippen molar-refractivity contribution < 1.29 is 9.18 Å². The lowest BCUT2D eigenvalue weighted by Crippen LogP contribution is -2.35. The van der Waals surface area contributed by atoms with Gasteiger partial charge >= 0.3 is 0 Å². The van der Waals surface area contributed by atoms with Gasteiger partial charge < -0.3 is 9.80 Å². The first-order chi connectivity index (χ1) is 16.4. The fraction of sp³-hybridized carbons (Fsp3) is 0.417. The van der Waals surface area contributed by atoms with Crippen molar-refractivity contribution in [3.63, 3.8) is 0 Å². The van der Waals surface area contributed by atoms with E-state index in [2.05, 4.69) is 29.5 Å². The summed E-state index contributed by atoms with van der Waals surface area (Å²) in [5.41, 5.74) is 2.06. The van der Waals surface area contributed by atoms with Gasteiger partial charge in [-0.05, 0) is 48.7 Å². The Labute approximate surface area is 203 Å². The maximum absolute atomic E-state index is 13.2. The molecular weight excluding hydrogens is 457 g/mol. The zero-order chi connectivity index (χ0) is 23.8. The van der Waals surface area contributed by atoms with Gasteiger partial charge in [0.2, 0.25) is 5.91 Å². The summed E-state index contributed by atoms with van der Waals surface area (Å²) in [6, 6.07) is 9.04. The number of rotatable bonds is 4. The van der Waals surface area contributed by atoms with Crippen LogP contribution in [0.5, 0.6) is 0 Å². The third-order valence-electron chi connectivity index (χ3n) is 6.55. The molecule has 0 aliphatic carbocycles. The Balaban J connectivity index is 1.42. The SMILES string of the molecule is CN(C)C(=O)CN1Cc2cc(Cl)ccc2-n2c(nnc2C2CCN(c3ccc(F)cn3)CC2)C1. The van der Waals surface area contributed by atoms with Crippen LogP contribution in [0.2, 0.25) is 5.02 Å². The molecule has 0 spiro atoms. The Morgan fingerprint density at radius 1 is 1.15 bits per heavy atom. The van der Waals surface area contributed by atoms with E-state index >= 15 is 0 Å². The van der Waals surface area contributed by atoms with Crippen molar-refractivity contribution in [1.82, 2.24) is 29.5 Å². The summed E-state index contributed by atoms with van der Waals surface area (Å²) in [6.07, 6.45) is 3.04. The molecule has 0 atom stereocenters. The lowest BCUT2D eigenvalue weighted by Gasteiger charge is -2.32. The Morgan fingerprint density at radius 3 is 2.65 bits per heavy atom. The van der Waals surface area contributed by atoms with Crippen molar-refractivity contribution in [3.05, 3.63) is 64.6 Å². The largest absolute Gasteiger partial charge is 0.357 e. The van der Waals surface area contributed by atoms with Crippen LogP contribution in [0.1, 0.15) is 36.0 Å². The number of pyridine rings is 1. The van der Waals surface area contributed by atoms with E-state index < -0.39 is 0 Å². The highest BCUT2D eigenvalue weighted by atomic mass is 35.5. The number of likely N-dealkylation sites (N-methyl/N-ethyl adjacent to an activating group) is 1. The smallest absolute Gasteiger partial charge is 0.236 e. The van der Waals surface area contributed by atoms with Gasteiger partial charge in [0.1, 0.15) is 17.5 Å². The number of hydrogen-bond donors (Lipinski definition) is 0. The predicted octanol–water partition coefficient (Wildman–Crippen LogP) is 3.24. The van der Waals surface area contributed by atoms with Crippen LogP contribution < -0.4 is 4.90 Å². The normalized spacial score (nSPS) is 16.6. The number of carbonyl (C=O) groups excluding carboxylic acids is 1. The molecule has 8 nitrogen and oxygen atoms in total. The van der Waals surface area contributed by atoms with Crippen LogP contribution >= 0.6 is 11.6 Å². The maximum atomic E-state index is 13.2. The quantitative estimate of drug-likeness (QED) is 0.567. The van der Waals surface area contributed by atoms with Crippen molar-refractivity contribution in [2.24, 2.45) is 0 Å². The van der Waals surface area contributed by atoms with Gasteiger partial charge in [0, 0.05) is 44.7 Å². The van der Waals surface area contributed by atoms with Gasteiger partial charge in [0.05, 0.1) is 25.0 Å². The number of aromatic nitrogens is 4. The van der Waals surface area contributed by atoms with Crippen molar-refractivity contribution in [2.75, 3.05) is 38.6 Å². The lowest BCUT2D eigenvalue weighted by atomic mass is 9.95. The summed E-state index contributed by atoms with van der Waals surface area (Å²) in [7, 11) is 3.53. The highest BCUT2D eigenvalue weighted by Crippen LogP contribution is 2.34. The number of hydrogen-bond acceptors (Lipinski definition) is 6. The average Bonchev–Trinajstić information content (AvgIpc) is 3.16. The van der Waals surface area contributed by atoms with E-state index in [4.69, 9.17) is 11.6 Å². The zero-order valence-corrected chi connectivity index (χ0v) is 20.0. The molecule has 0 bridgehead atoms. The minimum atomic E-state index is -0.329. The summed E-state index contributed by atoms with van der Waals surface area (Å²) in [4.78, 5) is 22.5. The third-order valence-corrected chi connectivity index (χ3v) is 6.79. The number of halogens is 2. The molecule has 10 heteroatoms. The second-order valence-electron chi connectivity index (χ2n) is 9.11. The average molecular weight is 484 g/mol. The van der Waals surface area contributed by atoms with E-state index in [1.807, 2.05) is 18.2 Å². The first kappa shape index (κ1) is 22.7. The molecule has 0 saturated carbocycles. The molecule has 34 heavy (non-hydrogen) atoms. The van der Waals surface area contributed by atoms with E-state index in [0.29, 0.717) is 24.7 Å². The Morgan fingerprint density at radius 2 is 1.94 bits per heavy atom. The minimum Gasteiger partial charge on any atom is -0.357 e. The zero-order valence-electron chi connectivity index (χ0n) is 19.3. The number of amides is 1. The number of anilines is 1. The van der Waals surface area contributed by atoms with E-state index in [1.54, 1.807) is 25.1 Å². The molecule has 1 saturated heterocycles.